The van der Waals surface area contributed by atoms with Gasteiger partial charge < -0.3 is 4.43 Å². The van der Waals surface area contributed by atoms with Crippen molar-refractivity contribution in [2.75, 3.05) is 6.61 Å². The number of hydrogen-bond acceptors (Lipinski definition) is 1. The van der Waals surface area contributed by atoms with Gasteiger partial charge in [-0.1, -0.05) is 97.1 Å². The molecule has 0 radical (unpaired) electrons. The fourth-order valence-electron chi connectivity index (χ4n) is 3.48. The molecule has 0 spiro atoms. The van der Waals surface area contributed by atoms with Crippen molar-refractivity contribution in [3.05, 3.63) is 120 Å². The van der Waals surface area contributed by atoms with Crippen molar-refractivity contribution in [2.45, 2.75) is 18.1 Å². The Morgan fingerprint density at radius 3 is 1.27 bits per heavy atom. The lowest BCUT2D eigenvalue weighted by atomic mass is 10.2. The van der Waals surface area contributed by atoms with E-state index in [1.807, 2.05) is 6.08 Å². The number of hydrogen-bond donors (Lipinski definition) is 0. The summed E-state index contributed by atoms with van der Waals surface area (Å²) < 4.78 is 6.61. The van der Waals surface area contributed by atoms with E-state index in [4.69, 9.17) is 4.43 Å². The summed E-state index contributed by atoms with van der Waals surface area (Å²) in [6, 6.07) is 35.3. The Morgan fingerprint density at radius 2 is 0.962 bits per heavy atom. The smallest absolute Gasteiger partial charge is 0.206 e. The zero-order chi connectivity index (χ0) is 18.1. The van der Waals surface area contributed by atoms with Gasteiger partial charge in [0.2, 0.25) is 8.32 Å². The molecule has 132 valence electrons. The Morgan fingerprint density at radius 1 is 0.615 bits per heavy atom. The van der Waals surface area contributed by atoms with Crippen LogP contribution in [0.5, 0.6) is 0 Å². The fraction of sp³-hybridized carbons (Fsp3) is 0.167. The largest absolute Gasteiger partial charge is 0.412 e. The molecule has 3 aromatic rings. The lowest BCUT2D eigenvalue weighted by molar-refractivity contribution is 0.338. The Kier molecular flexibility index (Phi) is 6.59. The van der Waals surface area contributed by atoms with Gasteiger partial charge in [-0.15, -0.1) is 6.58 Å². The molecule has 0 aliphatic heterocycles. The van der Waals surface area contributed by atoms with E-state index >= 15 is 0 Å². The molecule has 0 aliphatic rings. The van der Waals surface area contributed by atoms with E-state index in [0.29, 0.717) is 6.61 Å². The predicted octanol–water partition coefficient (Wildman–Crippen LogP) is 5.48. The number of rotatable bonds is 9. The van der Waals surface area contributed by atoms with Gasteiger partial charge in [0, 0.05) is 0 Å². The zero-order valence-corrected chi connectivity index (χ0v) is 16.2. The van der Waals surface area contributed by atoms with Crippen LogP contribution in [0.3, 0.4) is 0 Å². The molecule has 3 rings (SSSR count). The van der Waals surface area contributed by atoms with Crippen LogP contribution in [0.2, 0.25) is 0 Å². The summed E-state index contributed by atoms with van der Waals surface area (Å²) in [4.78, 5) is 0. The summed E-state index contributed by atoms with van der Waals surface area (Å²) in [5.74, 6) is 0. The van der Waals surface area contributed by atoms with Gasteiger partial charge in [0.15, 0.2) is 0 Å². The summed E-state index contributed by atoms with van der Waals surface area (Å²) in [5.41, 5.74) is 4.07. The van der Waals surface area contributed by atoms with E-state index < -0.39 is 8.32 Å². The maximum Gasteiger partial charge on any atom is 0.206 e. The molecule has 2 heteroatoms. The van der Waals surface area contributed by atoms with Gasteiger partial charge in [0.05, 0.1) is 6.61 Å². The van der Waals surface area contributed by atoms with Gasteiger partial charge in [-0.2, -0.15) is 0 Å². The molecule has 0 fully saturated rings. The highest BCUT2D eigenvalue weighted by Crippen LogP contribution is 2.24. The van der Waals surface area contributed by atoms with E-state index in [1.165, 1.54) is 16.7 Å². The summed E-state index contributed by atoms with van der Waals surface area (Å²) in [5, 5.41) is 0. The molecule has 0 aromatic heterocycles. The second-order valence-electron chi connectivity index (χ2n) is 6.77. The minimum atomic E-state index is -2.11. The van der Waals surface area contributed by atoms with E-state index in [1.54, 1.807) is 0 Å². The molecule has 0 amide bonds. The van der Waals surface area contributed by atoms with Crippen molar-refractivity contribution in [2.24, 2.45) is 0 Å². The van der Waals surface area contributed by atoms with Gasteiger partial charge in [0.25, 0.3) is 0 Å². The van der Waals surface area contributed by atoms with Gasteiger partial charge in [-0.3, -0.25) is 0 Å². The average Bonchev–Trinajstić information content (AvgIpc) is 2.69. The minimum absolute atomic E-state index is 0.610. The summed E-state index contributed by atoms with van der Waals surface area (Å²) >= 11 is 0. The summed E-state index contributed by atoms with van der Waals surface area (Å²) in [7, 11) is -2.11. The highest BCUT2D eigenvalue weighted by Gasteiger charge is 2.35. The maximum atomic E-state index is 6.61. The van der Waals surface area contributed by atoms with E-state index in [9.17, 15) is 0 Å². The van der Waals surface area contributed by atoms with Crippen LogP contribution in [0.25, 0.3) is 0 Å². The first-order valence-electron chi connectivity index (χ1n) is 9.16. The van der Waals surface area contributed by atoms with Crippen molar-refractivity contribution >= 4 is 8.32 Å². The van der Waals surface area contributed by atoms with Crippen molar-refractivity contribution in [3.63, 3.8) is 0 Å². The molecule has 0 saturated carbocycles. The zero-order valence-electron chi connectivity index (χ0n) is 15.2. The first-order valence-corrected chi connectivity index (χ1v) is 11.7. The van der Waals surface area contributed by atoms with Crippen LogP contribution >= 0.6 is 0 Å². The third kappa shape index (κ3) is 5.28. The van der Waals surface area contributed by atoms with Crippen LogP contribution in [0.15, 0.2) is 104 Å². The molecule has 0 aliphatic carbocycles. The summed E-state index contributed by atoms with van der Waals surface area (Å²) in [6.45, 7) is 4.49. The topological polar surface area (TPSA) is 9.23 Å². The Bertz CT molecular complexity index is 683. The van der Waals surface area contributed by atoms with Crippen molar-refractivity contribution < 1.29 is 4.43 Å². The molecule has 3 aromatic carbocycles. The van der Waals surface area contributed by atoms with E-state index in [0.717, 1.165) is 18.1 Å². The van der Waals surface area contributed by atoms with Gasteiger partial charge in [0.1, 0.15) is 0 Å². The fourth-order valence-corrected chi connectivity index (χ4v) is 7.57. The number of benzene rings is 3. The Labute approximate surface area is 158 Å². The quantitative estimate of drug-likeness (QED) is 0.363. The monoisotopic (exact) mass is 358 g/mol. The van der Waals surface area contributed by atoms with Gasteiger partial charge in [-0.05, 0) is 34.8 Å². The SMILES string of the molecule is C=CCO[Si](Cc1ccccc1)(Cc1ccccc1)Cc1ccccc1. The van der Waals surface area contributed by atoms with Crippen LogP contribution in [0, 0.1) is 0 Å². The molecule has 0 atom stereocenters. The third-order valence-corrected chi connectivity index (χ3v) is 8.55. The van der Waals surface area contributed by atoms with Gasteiger partial charge in [-0.25, -0.2) is 0 Å². The molecule has 0 unspecified atom stereocenters. The van der Waals surface area contributed by atoms with Gasteiger partial charge >= 0.3 is 0 Å². The lowest BCUT2D eigenvalue weighted by Gasteiger charge is -2.32. The molecule has 0 N–H and O–H groups in total. The third-order valence-electron chi connectivity index (χ3n) is 4.61. The molecule has 0 heterocycles. The normalized spacial score (nSPS) is 11.2. The summed E-state index contributed by atoms with van der Waals surface area (Å²) in [6.07, 6.45) is 1.88. The second-order valence-corrected chi connectivity index (χ2v) is 10.5. The van der Waals surface area contributed by atoms with Crippen molar-refractivity contribution in [1.29, 1.82) is 0 Å². The average molecular weight is 359 g/mol. The van der Waals surface area contributed by atoms with Crippen LogP contribution in [0.4, 0.5) is 0 Å². The van der Waals surface area contributed by atoms with E-state index in [-0.39, 0.29) is 0 Å². The molecular formula is C24H26OSi. The second kappa shape index (κ2) is 9.32. The van der Waals surface area contributed by atoms with E-state index in [2.05, 4.69) is 97.6 Å². The van der Waals surface area contributed by atoms with Crippen LogP contribution in [-0.2, 0) is 22.6 Å². The first-order chi connectivity index (χ1) is 12.8. The minimum Gasteiger partial charge on any atom is -0.412 e. The highest BCUT2D eigenvalue weighted by atomic mass is 28.4. The van der Waals surface area contributed by atoms with Crippen LogP contribution in [-0.4, -0.2) is 14.9 Å². The Balaban J connectivity index is 1.95. The molecule has 26 heavy (non-hydrogen) atoms. The standard InChI is InChI=1S/C24H26OSi/c1-2-18-25-26(19-22-12-6-3-7-13-22,20-23-14-8-4-9-15-23)21-24-16-10-5-11-17-24/h2-17H,1,18-21H2. The molecule has 0 bridgehead atoms. The first kappa shape index (κ1) is 18.4. The van der Waals surface area contributed by atoms with Crippen molar-refractivity contribution in [1.82, 2.24) is 0 Å². The molecule has 1 nitrogen and oxygen atoms in total. The Hall–Kier alpha value is -2.42. The molecule has 0 saturated heterocycles. The lowest BCUT2D eigenvalue weighted by Crippen LogP contribution is -2.47. The van der Waals surface area contributed by atoms with Crippen molar-refractivity contribution in [3.8, 4) is 0 Å². The maximum absolute atomic E-state index is 6.61. The highest BCUT2D eigenvalue weighted by molar-refractivity contribution is 6.72. The van der Waals surface area contributed by atoms with Crippen LogP contribution < -0.4 is 0 Å². The predicted molar refractivity (Wildman–Crippen MR) is 112 cm³/mol. The molecular weight excluding hydrogens is 332 g/mol. The van der Waals surface area contributed by atoms with Crippen LogP contribution in [0.1, 0.15) is 16.7 Å².